The number of carbonyl (C=O) groups excluding carboxylic acids is 1. The van der Waals surface area contributed by atoms with Gasteiger partial charge in [0.1, 0.15) is 0 Å². The third-order valence-electron chi connectivity index (χ3n) is 2.85. The zero-order chi connectivity index (χ0) is 15.4. The van der Waals surface area contributed by atoms with Crippen LogP contribution in [0.5, 0.6) is 0 Å². The van der Waals surface area contributed by atoms with Gasteiger partial charge in [-0.2, -0.15) is 0 Å². The van der Waals surface area contributed by atoms with Crippen LogP contribution in [0.2, 0.25) is 10.0 Å². The molecular formula is C15H14Cl2N2OS. The standard InChI is InChI=1S/C15H14Cl2N2OS/c1-9-3-2-4-13(15(9)18)21-8-14(20)19-12-7-10(16)5-6-11(12)17/h2-7H,8,18H2,1H3,(H,19,20). The summed E-state index contributed by atoms with van der Waals surface area (Å²) in [6, 6.07) is 10.7. The van der Waals surface area contributed by atoms with E-state index in [1.165, 1.54) is 11.8 Å². The van der Waals surface area contributed by atoms with Gasteiger partial charge in [-0.25, -0.2) is 0 Å². The van der Waals surface area contributed by atoms with E-state index in [0.29, 0.717) is 21.4 Å². The predicted octanol–water partition coefficient (Wildman–Crippen LogP) is 4.61. The zero-order valence-electron chi connectivity index (χ0n) is 11.3. The van der Waals surface area contributed by atoms with Crippen LogP contribution < -0.4 is 11.1 Å². The van der Waals surface area contributed by atoms with E-state index in [4.69, 9.17) is 28.9 Å². The average molecular weight is 341 g/mol. The summed E-state index contributed by atoms with van der Waals surface area (Å²) in [6.07, 6.45) is 0. The number of hydrogen-bond acceptors (Lipinski definition) is 3. The highest BCUT2D eigenvalue weighted by atomic mass is 35.5. The van der Waals surface area contributed by atoms with E-state index in [0.717, 1.165) is 10.5 Å². The van der Waals surface area contributed by atoms with Crippen molar-refractivity contribution < 1.29 is 4.79 Å². The molecule has 0 heterocycles. The molecule has 0 spiro atoms. The second-order valence-electron chi connectivity index (χ2n) is 4.45. The number of anilines is 2. The number of nitrogens with one attached hydrogen (secondary N) is 1. The Morgan fingerprint density at radius 2 is 2.05 bits per heavy atom. The third kappa shape index (κ3) is 4.30. The fourth-order valence-electron chi connectivity index (χ4n) is 1.70. The number of rotatable bonds is 4. The van der Waals surface area contributed by atoms with Crippen molar-refractivity contribution in [3.63, 3.8) is 0 Å². The van der Waals surface area contributed by atoms with Gasteiger partial charge >= 0.3 is 0 Å². The summed E-state index contributed by atoms with van der Waals surface area (Å²) >= 11 is 13.3. The Morgan fingerprint density at radius 3 is 2.81 bits per heavy atom. The molecule has 2 rings (SSSR count). The largest absolute Gasteiger partial charge is 0.398 e. The van der Waals surface area contributed by atoms with Crippen molar-refractivity contribution in [2.75, 3.05) is 16.8 Å². The molecule has 0 aromatic heterocycles. The number of aryl methyl sites for hydroxylation is 1. The Balaban J connectivity index is 1.99. The Labute approximate surface area is 137 Å². The number of carbonyl (C=O) groups is 1. The molecule has 0 bridgehead atoms. The first kappa shape index (κ1) is 16.0. The number of benzene rings is 2. The van der Waals surface area contributed by atoms with Gasteiger partial charge in [0.15, 0.2) is 0 Å². The normalized spacial score (nSPS) is 10.4. The van der Waals surface area contributed by atoms with Crippen molar-refractivity contribution >= 4 is 52.2 Å². The lowest BCUT2D eigenvalue weighted by Crippen LogP contribution is -2.14. The Bertz CT molecular complexity index is 677. The van der Waals surface area contributed by atoms with Gasteiger partial charge in [-0.05, 0) is 36.8 Å². The minimum Gasteiger partial charge on any atom is -0.398 e. The quantitative estimate of drug-likeness (QED) is 0.630. The lowest BCUT2D eigenvalue weighted by atomic mass is 10.2. The molecule has 2 aromatic carbocycles. The Morgan fingerprint density at radius 1 is 1.29 bits per heavy atom. The molecule has 3 nitrogen and oxygen atoms in total. The average Bonchev–Trinajstić information content (AvgIpc) is 2.44. The van der Waals surface area contributed by atoms with Crippen LogP contribution in [0.25, 0.3) is 0 Å². The second-order valence-corrected chi connectivity index (χ2v) is 6.31. The van der Waals surface area contributed by atoms with E-state index < -0.39 is 0 Å². The molecule has 21 heavy (non-hydrogen) atoms. The van der Waals surface area contributed by atoms with Crippen LogP contribution in [0.4, 0.5) is 11.4 Å². The molecule has 0 aliphatic heterocycles. The first-order valence-electron chi connectivity index (χ1n) is 6.20. The van der Waals surface area contributed by atoms with Gasteiger partial charge in [-0.3, -0.25) is 4.79 Å². The molecule has 0 atom stereocenters. The van der Waals surface area contributed by atoms with Crippen molar-refractivity contribution in [2.24, 2.45) is 0 Å². The van der Waals surface area contributed by atoms with Gasteiger partial charge in [0.05, 0.1) is 16.5 Å². The zero-order valence-corrected chi connectivity index (χ0v) is 13.6. The van der Waals surface area contributed by atoms with Crippen LogP contribution in [0.1, 0.15) is 5.56 Å². The molecule has 0 saturated heterocycles. The van der Waals surface area contributed by atoms with Gasteiger partial charge in [0.25, 0.3) is 0 Å². The molecule has 0 aliphatic carbocycles. The van der Waals surface area contributed by atoms with Crippen LogP contribution in [0.3, 0.4) is 0 Å². The topological polar surface area (TPSA) is 55.1 Å². The maximum Gasteiger partial charge on any atom is 0.234 e. The summed E-state index contributed by atoms with van der Waals surface area (Å²) in [7, 11) is 0. The van der Waals surface area contributed by atoms with Crippen LogP contribution in [0.15, 0.2) is 41.3 Å². The molecule has 110 valence electrons. The van der Waals surface area contributed by atoms with E-state index in [2.05, 4.69) is 5.32 Å². The highest BCUT2D eigenvalue weighted by Gasteiger charge is 2.09. The monoisotopic (exact) mass is 340 g/mol. The molecular weight excluding hydrogens is 327 g/mol. The van der Waals surface area contributed by atoms with Gasteiger partial charge in [-0.1, -0.05) is 35.3 Å². The number of hydrogen-bond donors (Lipinski definition) is 2. The summed E-state index contributed by atoms with van der Waals surface area (Å²) in [6.45, 7) is 1.94. The maximum atomic E-state index is 12.0. The maximum absolute atomic E-state index is 12.0. The summed E-state index contributed by atoms with van der Waals surface area (Å²) in [5.41, 5.74) is 8.18. The van der Waals surface area contributed by atoms with E-state index in [-0.39, 0.29) is 11.7 Å². The first-order valence-corrected chi connectivity index (χ1v) is 7.94. The second kappa shape index (κ2) is 7.07. The highest BCUT2D eigenvalue weighted by molar-refractivity contribution is 8.00. The summed E-state index contributed by atoms with van der Waals surface area (Å²) in [5.74, 6) is 0.0846. The van der Waals surface area contributed by atoms with Crippen molar-refractivity contribution in [2.45, 2.75) is 11.8 Å². The lowest BCUT2D eigenvalue weighted by Gasteiger charge is -2.09. The number of halogens is 2. The van der Waals surface area contributed by atoms with Crippen molar-refractivity contribution in [1.29, 1.82) is 0 Å². The number of thioether (sulfide) groups is 1. The van der Waals surface area contributed by atoms with E-state index >= 15 is 0 Å². The highest BCUT2D eigenvalue weighted by Crippen LogP contribution is 2.28. The molecule has 3 N–H and O–H groups in total. The van der Waals surface area contributed by atoms with Gasteiger partial charge in [0.2, 0.25) is 5.91 Å². The molecule has 0 radical (unpaired) electrons. The van der Waals surface area contributed by atoms with E-state index in [1.807, 2.05) is 25.1 Å². The van der Waals surface area contributed by atoms with Gasteiger partial charge in [0, 0.05) is 15.6 Å². The SMILES string of the molecule is Cc1cccc(SCC(=O)Nc2cc(Cl)ccc2Cl)c1N. The molecule has 0 aliphatic rings. The van der Waals surface area contributed by atoms with Crippen LogP contribution in [0, 0.1) is 6.92 Å². The van der Waals surface area contributed by atoms with Crippen LogP contribution in [-0.4, -0.2) is 11.7 Å². The molecule has 1 amide bonds. The third-order valence-corrected chi connectivity index (χ3v) is 4.48. The summed E-state index contributed by atoms with van der Waals surface area (Å²) in [4.78, 5) is 12.9. The van der Waals surface area contributed by atoms with E-state index in [9.17, 15) is 4.79 Å². The Hall–Kier alpha value is -1.36. The van der Waals surface area contributed by atoms with Gasteiger partial charge in [-0.15, -0.1) is 11.8 Å². The van der Waals surface area contributed by atoms with Crippen molar-refractivity contribution in [3.05, 3.63) is 52.0 Å². The fourth-order valence-corrected chi connectivity index (χ4v) is 2.89. The Kier molecular flexibility index (Phi) is 5.39. The smallest absolute Gasteiger partial charge is 0.234 e. The molecule has 2 aromatic rings. The lowest BCUT2D eigenvalue weighted by molar-refractivity contribution is -0.113. The summed E-state index contributed by atoms with van der Waals surface area (Å²) in [5, 5.41) is 3.71. The minimum absolute atomic E-state index is 0.162. The molecule has 0 saturated carbocycles. The number of nitrogens with two attached hydrogens (primary N) is 1. The number of para-hydroxylation sites is 1. The van der Waals surface area contributed by atoms with Crippen LogP contribution in [-0.2, 0) is 4.79 Å². The van der Waals surface area contributed by atoms with E-state index in [1.54, 1.807) is 18.2 Å². The predicted molar refractivity (Wildman–Crippen MR) is 91.4 cm³/mol. The number of amides is 1. The fraction of sp³-hybridized carbons (Fsp3) is 0.133. The van der Waals surface area contributed by atoms with Crippen molar-refractivity contribution in [1.82, 2.24) is 0 Å². The number of nitrogen functional groups attached to an aromatic ring is 1. The minimum atomic E-state index is -0.162. The molecule has 0 fully saturated rings. The van der Waals surface area contributed by atoms with Gasteiger partial charge < -0.3 is 11.1 Å². The first-order chi connectivity index (χ1) is 9.97. The molecule has 6 heteroatoms. The van der Waals surface area contributed by atoms with Crippen LogP contribution >= 0.6 is 35.0 Å². The van der Waals surface area contributed by atoms with Crippen molar-refractivity contribution in [3.8, 4) is 0 Å². The molecule has 0 unspecified atom stereocenters. The summed E-state index contributed by atoms with van der Waals surface area (Å²) < 4.78 is 0.